The standard InChI is InChI=1S/C16H22N4O3/c1-2-5-16(10-21)6-8-19(9-13(16)22)15(23)12-4-3-7-20-11-17-18-14(12)20/h3-4,7,11,13,21-22H,2,5-6,8-10H2,1H3/t13-,16-/m1/s1. The van der Waals surface area contributed by atoms with Crippen LogP contribution < -0.4 is 0 Å². The number of aliphatic hydroxyl groups is 2. The lowest BCUT2D eigenvalue weighted by Crippen LogP contribution is -2.54. The van der Waals surface area contributed by atoms with Gasteiger partial charge in [0.05, 0.1) is 18.3 Å². The zero-order chi connectivity index (χ0) is 16.4. The summed E-state index contributed by atoms with van der Waals surface area (Å²) in [5.41, 5.74) is 0.496. The van der Waals surface area contributed by atoms with Gasteiger partial charge in [-0.1, -0.05) is 13.3 Å². The molecular weight excluding hydrogens is 296 g/mol. The molecule has 0 spiro atoms. The van der Waals surface area contributed by atoms with Crippen molar-refractivity contribution in [1.82, 2.24) is 19.5 Å². The number of carbonyl (C=O) groups is 1. The number of aromatic nitrogens is 3. The molecule has 2 aromatic rings. The van der Waals surface area contributed by atoms with Gasteiger partial charge in [0.2, 0.25) is 0 Å². The third-order valence-electron chi connectivity index (χ3n) is 4.88. The molecular formula is C16H22N4O3. The SMILES string of the molecule is CCC[C@]1(CO)CCN(C(=O)c2cccn3cnnc23)C[C@H]1O. The molecule has 0 radical (unpaired) electrons. The molecule has 0 bridgehead atoms. The summed E-state index contributed by atoms with van der Waals surface area (Å²) in [6, 6.07) is 3.50. The molecule has 1 saturated heterocycles. The number of nitrogens with zero attached hydrogens (tertiary/aromatic N) is 4. The largest absolute Gasteiger partial charge is 0.396 e. The summed E-state index contributed by atoms with van der Waals surface area (Å²) < 4.78 is 1.70. The molecule has 3 rings (SSSR count). The first-order valence-electron chi connectivity index (χ1n) is 7.98. The lowest BCUT2D eigenvalue weighted by atomic mass is 9.73. The number of carbonyl (C=O) groups excluding carboxylic acids is 1. The van der Waals surface area contributed by atoms with E-state index < -0.39 is 11.5 Å². The van der Waals surface area contributed by atoms with E-state index in [2.05, 4.69) is 10.2 Å². The Labute approximate surface area is 134 Å². The number of likely N-dealkylation sites (tertiary alicyclic amines) is 1. The van der Waals surface area contributed by atoms with Gasteiger partial charge in [0.25, 0.3) is 5.91 Å². The van der Waals surface area contributed by atoms with Gasteiger partial charge in [-0.2, -0.15) is 0 Å². The number of hydrogen-bond donors (Lipinski definition) is 2. The average Bonchev–Trinajstić information content (AvgIpc) is 3.05. The maximum atomic E-state index is 12.8. The molecule has 0 aromatic carbocycles. The van der Waals surface area contributed by atoms with Gasteiger partial charge < -0.3 is 15.1 Å². The third-order valence-corrected chi connectivity index (χ3v) is 4.88. The Morgan fingerprint density at radius 2 is 2.35 bits per heavy atom. The van der Waals surface area contributed by atoms with Crippen LogP contribution in [-0.4, -0.2) is 61.4 Å². The molecule has 23 heavy (non-hydrogen) atoms. The summed E-state index contributed by atoms with van der Waals surface area (Å²) in [4.78, 5) is 14.4. The van der Waals surface area contributed by atoms with Crippen LogP contribution in [0.4, 0.5) is 0 Å². The second-order valence-corrected chi connectivity index (χ2v) is 6.27. The number of β-amino-alcohol motifs (C(OH)–C–C–N with tert-alkyl or cyclic N) is 1. The van der Waals surface area contributed by atoms with Gasteiger partial charge in [0.1, 0.15) is 6.33 Å². The van der Waals surface area contributed by atoms with Crippen LogP contribution in [0.25, 0.3) is 5.65 Å². The molecule has 2 aromatic heterocycles. The highest BCUT2D eigenvalue weighted by molar-refractivity contribution is 5.99. The summed E-state index contributed by atoms with van der Waals surface area (Å²) in [6.45, 7) is 2.73. The predicted octanol–water partition coefficient (Wildman–Crippen LogP) is 0.715. The van der Waals surface area contributed by atoms with Gasteiger partial charge in [-0.3, -0.25) is 9.20 Å². The Kier molecular flexibility index (Phi) is 4.32. The maximum absolute atomic E-state index is 12.8. The maximum Gasteiger partial charge on any atom is 0.257 e. The smallest absolute Gasteiger partial charge is 0.257 e. The number of fused-ring (bicyclic) bond motifs is 1. The van der Waals surface area contributed by atoms with Gasteiger partial charge >= 0.3 is 0 Å². The summed E-state index contributed by atoms with van der Waals surface area (Å²) in [5.74, 6) is -0.161. The van der Waals surface area contributed by atoms with Crippen molar-refractivity contribution < 1.29 is 15.0 Å². The number of hydrogen-bond acceptors (Lipinski definition) is 5. The second-order valence-electron chi connectivity index (χ2n) is 6.27. The molecule has 2 atom stereocenters. The van der Waals surface area contributed by atoms with E-state index in [9.17, 15) is 15.0 Å². The first-order chi connectivity index (χ1) is 11.1. The fraction of sp³-hybridized carbons (Fsp3) is 0.562. The summed E-state index contributed by atoms with van der Waals surface area (Å²) >= 11 is 0. The van der Waals surface area contributed by atoms with E-state index in [0.717, 1.165) is 12.8 Å². The third kappa shape index (κ3) is 2.70. The Morgan fingerprint density at radius 1 is 1.52 bits per heavy atom. The molecule has 0 unspecified atom stereocenters. The number of amides is 1. The minimum atomic E-state index is -0.720. The number of pyridine rings is 1. The monoisotopic (exact) mass is 318 g/mol. The highest BCUT2D eigenvalue weighted by atomic mass is 16.3. The fourth-order valence-electron chi connectivity index (χ4n) is 3.44. The van der Waals surface area contributed by atoms with Crippen molar-refractivity contribution in [3.05, 3.63) is 30.2 Å². The van der Waals surface area contributed by atoms with Gasteiger partial charge in [-0.25, -0.2) is 0 Å². The van der Waals surface area contributed by atoms with Crippen molar-refractivity contribution in [2.24, 2.45) is 5.41 Å². The molecule has 0 saturated carbocycles. The summed E-state index contributed by atoms with van der Waals surface area (Å²) in [5, 5.41) is 28.0. The zero-order valence-corrected chi connectivity index (χ0v) is 13.2. The molecule has 1 amide bonds. The molecule has 7 heteroatoms. The van der Waals surface area contributed by atoms with Crippen molar-refractivity contribution in [1.29, 1.82) is 0 Å². The lowest BCUT2D eigenvalue weighted by Gasteiger charge is -2.44. The van der Waals surface area contributed by atoms with Crippen molar-refractivity contribution in [3.63, 3.8) is 0 Å². The van der Waals surface area contributed by atoms with Gasteiger partial charge in [0.15, 0.2) is 5.65 Å². The molecule has 124 valence electrons. The summed E-state index contributed by atoms with van der Waals surface area (Å²) in [7, 11) is 0. The van der Waals surface area contributed by atoms with E-state index in [1.807, 2.05) is 6.92 Å². The van der Waals surface area contributed by atoms with Crippen molar-refractivity contribution in [3.8, 4) is 0 Å². The number of rotatable bonds is 4. The van der Waals surface area contributed by atoms with Crippen LogP contribution in [0, 0.1) is 5.41 Å². The van der Waals surface area contributed by atoms with Gasteiger partial charge in [-0.15, -0.1) is 10.2 Å². The van der Waals surface area contributed by atoms with Gasteiger partial charge in [-0.05, 0) is 25.0 Å². The average molecular weight is 318 g/mol. The minimum absolute atomic E-state index is 0.0518. The summed E-state index contributed by atoms with van der Waals surface area (Å²) in [6.07, 6.45) is 4.87. The van der Waals surface area contributed by atoms with Crippen LogP contribution in [0.1, 0.15) is 36.5 Å². The normalized spacial score (nSPS) is 25.0. The predicted molar refractivity (Wildman–Crippen MR) is 83.9 cm³/mol. The lowest BCUT2D eigenvalue weighted by molar-refractivity contribution is -0.0713. The van der Waals surface area contributed by atoms with Crippen molar-refractivity contribution >= 4 is 11.6 Å². The Balaban J connectivity index is 1.81. The Bertz CT molecular complexity index is 701. The Hall–Kier alpha value is -1.99. The van der Waals surface area contributed by atoms with E-state index >= 15 is 0 Å². The zero-order valence-electron chi connectivity index (χ0n) is 13.2. The molecule has 7 nitrogen and oxygen atoms in total. The van der Waals surface area contributed by atoms with Crippen LogP contribution >= 0.6 is 0 Å². The highest BCUT2D eigenvalue weighted by Gasteiger charge is 2.42. The number of aliphatic hydroxyl groups excluding tert-OH is 2. The van der Waals surface area contributed by atoms with E-state index in [1.165, 1.54) is 0 Å². The molecule has 3 heterocycles. The van der Waals surface area contributed by atoms with E-state index in [-0.39, 0.29) is 19.1 Å². The van der Waals surface area contributed by atoms with Crippen LogP contribution in [0.2, 0.25) is 0 Å². The fourth-order valence-corrected chi connectivity index (χ4v) is 3.44. The van der Waals surface area contributed by atoms with Crippen molar-refractivity contribution in [2.75, 3.05) is 19.7 Å². The van der Waals surface area contributed by atoms with Crippen molar-refractivity contribution in [2.45, 2.75) is 32.3 Å². The molecule has 1 aliphatic rings. The highest BCUT2D eigenvalue weighted by Crippen LogP contribution is 2.36. The quantitative estimate of drug-likeness (QED) is 0.866. The van der Waals surface area contributed by atoms with E-state index in [4.69, 9.17) is 0 Å². The van der Waals surface area contributed by atoms with Gasteiger partial charge in [0, 0.05) is 24.7 Å². The second kappa shape index (κ2) is 6.25. The first-order valence-corrected chi connectivity index (χ1v) is 7.98. The van der Waals surface area contributed by atoms with Crippen LogP contribution in [0.5, 0.6) is 0 Å². The molecule has 2 N–H and O–H groups in total. The number of piperidine rings is 1. The van der Waals surface area contributed by atoms with Crippen LogP contribution in [0.3, 0.4) is 0 Å². The molecule has 1 aliphatic heterocycles. The van der Waals surface area contributed by atoms with Crippen LogP contribution in [0.15, 0.2) is 24.7 Å². The Morgan fingerprint density at radius 3 is 3.04 bits per heavy atom. The molecule has 1 fully saturated rings. The molecule has 0 aliphatic carbocycles. The van der Waals surface area contributed by atoms with E-state index in [1.54, 1.807) is 34.0 Å². The van der Waals surface area contributed by atoms with Crippen LogP contribution in [-0.2, 0) is 0 Å². The first kappa shape index (κ1) is 15.9. The van der Waals surface area contributed by atoms with E-state index in [0.29, 0.717) is 24.2 Å². The minimum Gasteiger partial charge on any atom is -0.396 e. The topological polar surface area (TPSA) is 91.0 Å².